The van der Waals surface area contributed by atoms with Gasteiger partial charge in [0.05, 0.1) is 5.52 Å². The first-order valence-electron chi connectivity index (χ1n) is 8.32. The number of carboxylic acids is 1. The Morgan fingerprint density at radius 1 is 1.11 bits per heavy atom. The lowest BCUT2D eigenvalue weighted by Gasteiger charge is -2.14. The number of para-hydroxylation sites is 1. The fourth-order valence-corrected chi connectivity index (χ4v) is 2.85. The van der Waals surface area contributed by atoms with Crippen LogP contribution in [0, 0.1) is 0 Å². The minimum Gasteiger partial charge on any atom is -0.480 e. The van der Waals surface area contributed by atoms with E-state index >= 15 is 0 Å². The SMILES string of the molecule is O=Cn1cc(C[C@H](NC(=O)OCc2ccccc2)C(=O)O)c2ccccc21. The van der Waals surface area contributed by atoms with Gasteiger partial charge in [-0.1, -0.05) is 48.5 Å². The van der Waals surface area contributed by atoms with Crippen LogP contribution in [0.3, 0.4) is 0 Å². The first-order chi connectivity index (χ1) is 13.1. The third kappa shape index (κ3) is 4.33. The topological polar surface area (TPSA) is 97.6 Å². The van der Waals surface area contributed by atoms with Crippen molar-refractivity contribution in [2.24, 2.45) is 0 Å². The Bertz CT molecular complexity index is 965. The number of carbonyl (C=O) groups is 3. The summed E-state index contributed by atoms with van der Waals surface area (Å²) in [6.07, 6.45) is 1.44. The average Bonchev–Trinajstić information content (AvgIpc) is 3.04. The predicted molar refractivity (Wildman–Crippen MR) is 99.0 cm³/mol. The van der Waals surface area contributed by atoms with Crippen molar-refractivity contribution in [2.45, 2.75) is 19.1 Å². The van der Waals surface area contributed by atoms with Crippen LogP contribution in [0.15, 0.2) is 60.8 Å². The fraction of sp³-hybridized carbons (Fsp3) is 0.150. The van der Waals surface area contributed by atoms with E-state index in [1.165, 1.54) is 4.57 Å². The standard InChI is InChI=1S/C20H18N2O5/c23-13-22-11-15(16-8-4-5-9-18(16)22)10-17(19(24)25)21-20(26)27-12-14-6-2-1-3-7-14/h1-9,11,13,17H,10,12H2,(H,21,26)(H,24,25)/t17-/m0/s1. The number of benzene rings is 2. The molecule has 3 rings (SSSR count). The highest BCUT2D eigenvalue weighted by molar-refractivity contribution is 5.89. The second-order valence-electron chi connectivity index (χ2n) is 5.99. The molecule has 27 heavy (non-hydrogen) atoms. The predicted octanol–water partition coefficient (Wildman–Crippen LogP) is 2.60. The molecule has 1 heterocycles. The van der Waals surface area contributed by atoms with Gasteiger partial charge in [-0.2, -0.15) is 0 Å². The van der Waals surface area contributed by atoms with E-state index in [1.54, 1.807) is 42.6 Å². The van der Waals surface area contributed by atoms with E-state index in [2.05, 4.69) is 5.32 Å². The highest BCUT2D eigenvalue weighted by Crippen LogP contribution is 2.21. The van der Waals surface area contributed by atoms with E-state index in [1.807, 2.05) is 18.2 Å². The monoisotopic (exact) mass is 366 g/mol. The van der Waals surface area contributed by atoms with Crippen LogP contribution in [0.2, 0.25) is 0 Å². The summed E-state index contributed by atoms with van der Waals surface area (Å²) in [4.78, 5) is 34.8. The lowest BCUT2D eigenvalue weighted by atomic mass is 10.1. The molecular weight excluding hydrogens is 348 g/mol. The molecule has 1 atom stereocenters. The summed E-state index contributed by atoms with van der Waals surface area (Å²) >= 11 is 0. The quantitative estimate of drug-likeness (QED) is 0.627. The molecule has 1 amide bonds. The van der Waals surface area contributed by atoms with Crippen LogP contribution in [0.4, 0.5) is 4.79 Å². The number of nitrogens with one attached hydrogen (secondary N) is 1. The molecule has 3 aromatic rings. The number of carbonyl (C=O) groups excluding carboxylic acids is 2. The Hall–Kier alpha value is -3.61. The number of fused-ring (bicyclic) bond motifs is 1. The molecule has 138 valence electrons. The summed E-state index contributed by atoms with van der Waals surface area (Å²) < 4.78 is 6.47. The van der Waals surface area contributed by atoms with E-state index in [0.29, 0.717) is 17.5 Å². The van der Waals surface area contributed by atoms with Crippen LogP contribution in [0.5, 0.6) is 0 Å². The van der Waals surface area contributed by atoms with Gasteiger partial charge < -0.3 is 15.2 Å². The molecule has 0 saturated carbocycles. The third-order valence-electron chi connectivity index (χ3n) is 4.16. The Kier molecular flexibility index (Phi) is 5.51. The Balaban J connectivity index is 1.70. The van der Waals surface area contributed by atoms with Gasteiger partial charge in [0.25, 0.3) is 0 Å². The van der Waals surface area contributed by atoms with Crippen LogP contribution in [-0.4, -0.2) is 34.2 Å². The van der Waals surface area contributed by atoms with Crippen molar-refractivity contribution in [3.63, 3.8) is 0 Å². The summed E-state index contributed by atoms with van der Waals surface area (Å²) in [6, 6.07) is 15.1. The van der Waals surface area contributed by atoms with Gasteiger partial charge in [0.1, 0.15) is 12.6 Å². The highest BCUT2D eigenvalue weighted by atomic mass is 16.5. The van der Waals surface area contributed by atoms with Crippen molar-refractivity contribution in [1.29, 1.82) is 0 Å². The van der Waals surface area contributed by atoms with Gasteiger partial charge in [-0.3, -0.25) is 9.36 Å². The number of carboxylic acid groups (broad SMARTS) is 1. The molecule has 2 N–H and O–H groups in total. The van der Waals surface area contributed by atoms with Crippen molar-refractivity contribution in [2.75, 3.05) is 0 Å². The summed E-state index contributed by atoms with van der Waals surface area (Å²) in [6.45, 7) is 0.0451. The minimum absolute atomic E-state index is 0.0249. The lowest BCUT2D eigenvalue weighted by Crippen LogP contribution is -2.42. The molecule has 0 spiro atoms. The molecule has 0 aliphatic rings. The molecule has 0 unspecified atom stereocenters. The van der Waals surface area contributed by atoms with Gasteiger partial charge in [-0.25, -0.2) is 9.59 Å². The first-order valence-corrected chi connectivity index (χ1v) is 8.32. The van der Waals surface area contributed by atoms with Crippen LogP contribution >= 0.6 is 0 Å². The maximum atomic E-state index is 12.0. The van der Waals surface area contributed by atoms with Gasteiger partial charge >= 0.3 is 12.1 Å². The molecule has 1 aromatic heterocycles. The molecule has 0 aliphatic heterocycles. The van der Waals surface area contributed by atoms with Gasteiger partial charge in [0.2, 0.25) is 6.41 Å². The zero-order valence-electron chi connectivity index (χ0n) is 14.4. The molecule has 7 heteroatoms. The Morgan fingerprint density at radius 2 is 1.81 bits per heavy atom. The average molecular weight is 366 g/mol. The van der Waals surface area contributed by atoms with Gasteiger partial charge in [-0.15, -0.1) is 0 Å². The van der Waals surface area contributed by atoms with Crippen LogP contribution in [-0.2, 0) is 27.4 Å². The number of hydrogen-bond acceptors (Lipinski definition) is 4. The maximum absolute atomic E-state index is 12.0. The smallest absolute Gasteiger partial charge is 0.408 e. The number of aromatic nitrogens is 1. The second kappa shape index (κ2) is 8.18. The zero-order chi connectivity index (χ0) is 19.2. The van der Waals surface area contributed by atoms with Gasteiger partial charge in [0, 0.05) is 18.0 Å². The number of aliphatic carboxylic acids is 1. The number of nitrogens with zero attached hydrogens (tertiary/aromatic N) is 1. The van der Waals surface area contributed by atoms with E-state index in [9.17, 15) is 19.5 Å². The molecule has 0 radical (unpaired) electrons. The van der Waals surface area contributed by atoms with Crippen molar-refractivity contribution < 1.29 is 24.2 Å². The number of amides is 1. The van der Waals surface area contributed by atoms with E-state index in [0.717, 1.165) is 10.9 Å². The summed E-state index contributed by atoms with van der Waals surface area (Å²) in [5.41, 5.74) is 2.13. The van der Waals surface area contributed by atoms with Crippen molar-refractivity contribution in [3.8, 4) is 0 Å². The number of ether oxygens (including phenoxy) is 1. The summed E-state index contributed by atoms with van der Waals surface area (Å²) in [5, 5.41) is 12.6. The van der Waals surface area contributed by atoms with Crippen LogP contribution < -0.4 is 5.32 Å². The Morgan fingerprint density at radius 3 is 2.52 bits per heavy atom. The van der Waals surface area contributed by atoms with Crippen molar-refractivity contribution in [1.82, 2.24) is 9.88 Å². The molecular formula is C20H18N2O5. The molecule has 0 fully saturated rings. The number of alkyl carbamates (subject to hydrolysis) is 1. The first kappa shape index (κ1) is 18.2. The zero-order valence-corrected chi connectivity index (χ0v) is 14.4. The molecule has 7 nitrogen and oxygen atoms in total. The minimum atomic E-state index is -1.19. The third-order valence-corrected chi connectivity index (χ3v) is 4.16. The maximum Gasteiger partial charge on any atom is 0.408 e. The van der Waals surface area contributed by atoms with E-state index in [-0.39, 0.29) is 13.0 Å². The lowest BCUT2D eigenvalue weighted by molar-refractivity contribution is -0.139. The molecule has 0 saturated heterocycles. The van der Waals surface area contributed by atoms with E-state index in [4.69, 9.17) is 4.74 Å². The molecule has 0 bridgehead atoms. The fourth-order valence-electron chi connectivity index (χ4n) is 2.85. The van der Waals surface area contributed by atoms with Crippen LogP contribution in [0.25, 0.3) is 10.9 Å². The molecule has 2 aromatic carbocycles. The largest absolute Gasteiger partial charge is 0.480 e. The number of rotatable bonds is 7. The summed E-state index contributed by atoms with van der Waals surface area (Å²) in [5.74, 6) is -1.19. The molecule has 0 aliphatic carbocycles. The number of hydrogen-bond donors (Lipinski definition) is 2. The van der Waals surface area contributed by atoms with Gasteiger partial charge in [0.15, 0.2) is 0 Å². The van der Waals surface area contributed by atoms with Crippen molar-refractivity contribution >= 4 is 29.4 Å². The van der Waals surface area contributed by atoms with Crippen LogP contribution in [0.1, 0.15) is 11.1 Å². The van der Waals surface area contributed by atoms with E-state index < -0.39 is 18.1 Å². The highest BCUT2D eigenvalue weighted by Gasteiger charge is 2.23. The van der Waals surface area contributed by atoms with Gasteiger partial charge in [-0.05, 0) is 17.2 Å². The van der Waals surface area contributed by atoms with Crippen molar-refractivity contribution in [3.05, 3.63) is 71.9 Å². The summed E-state index contributed by atoms with van der Waals surface area (Å²) in [7, 11) is 0. The normalized spacial score (nSPS) is 11.7. The second-order valence-corrected chi connectivity index (χ2v) is 5.99. The Labute approximate surface area is 155 Å².